The minimum Gasteiger partial charge on any atom is -0.493 e. The Kier molecular flexibility index (Phi) is 5.42. The van der Waals surface area contributed by atoms with E-state index < -0.39 is 5.97 Å². The van der Waals surface area contributed by atoms with Gasteiger partial charge >= 0.3 is 5.97 Å². The standard InChI is InChI=1S/C15H16BrNO4S/c1-4-5-21-12-10(6-9(16)7-11(12)20-3)14-17-8(2)13(22-14)15(18)19/h6-7H,4-5H2,1-3H3,(H,18,19). The Morgan fingerprint density at radius 3 is 2.73 bits per heavy atom. The largest absolute Gasteiger partial charge is 0.493 e. The van der Waals surface area contributed by atoms with Gasteiger partial charge in [0.2, 0.25) is 0 Å². The lowest BCUT2D eigenvalue weighted by atomic mass is 10.2. The maximum absolute atomic E-state index is 11.2. The fraction of sp³-hybridized carbons (Fsp3) is 0.333. The average molecular weight is 386 g/mol. The van der Waals surface area contributed by atoms with E-state index in [1.807, 2.05) is 19.1 Å². The summed E-state index contributed by atoms with van der Waals surface area (Å²) in [4.78, 5) is 15.8. The number of carboxylic acid groups (broad SMARTS) is 1. The van der Waals surface area contributed by atoms with Crippen molar-refractivity contribution in [3.63, 3.8) is 0 Å². The van der Waals surface area contributed by atoms with Crippen molar-refractivity contribution < 1.29 is 19.4 Å². The maximum Gasteiger partial charge on any atom is 0.347 e. The van der Waals surface area contributed by atoms with Gasteiger partial charge in [-0.1, -0.05) is 22.9 Å². The zero-order chi connectivity index (χ0) is 16.3. The van der Waals surface area contributed by atoms with Gasteiger partial charge in [-0.2, -0.15) is 0 Å². The van der Waals surface area contributed by atoms with E-state index in [2.05, 4.69) is 20.9 Å². The Morgan fingerprint density at radius 1 is 1.45 bits per heavy atom. The average Bonchev–Trinajstić information content (AvgIpc) is 2.87. The minimum atomic E-state index is -0.973. The summed E-state index contributed by atoms with van der Waals surface area (Å²) >= 11 is 4.56. The van der Waals surface area contributed by atoms with Crippen molar-refractivity contribution in [2.75, 3.05) is 13.7 Å². The number of hydrogen-bond donors (Lipinski definition) is 1. The third-order valence-corrected chi connectivity index (χ3v) is 4.55. The number of aromatic carboxylic acids is 1. The second-order valence-corrected chi connectivity index (χ2v) is 6.49. The van der Waals surface area contributed by atoms with Crippen molar-refractivity contribution in [1.82, 2.24) is 4.98 Å². The third kappa shape index (κ3) is 3.41. The molecule has 0 bridgehead atoms. The Hall–Kier alpha value is -1.60. The summed E-state index contributed by atoms with van der Waals surface area (Å²) < 4.78 is 12.0. The van der Waals surface area contributed by atoms with Crippen LogP contribution in [0, 0.1) is 6.92 Å². The molecule has 5 nitrogen and oxygen atoms in total. The number of nitrogens with zero attached hydrogens (tertiary/aromatic N) is 1. The lowest BCUT2D eigenvalue weighted by Gasteiger charge is -2.14. The molecule has 0 unspecified atom stereocenters. The zero-order valence-electron chi connectivity index (χ0n) is 12.5. The molecule has 0 aliphatic rings. The van der Waals surface area contributed by atoms with Crippen LogP contribution < -0.4 is 9.47 Å². The Morgan fingerprint density at radius 2 is 2.18 bits per heavy atom. The summed E-state index contributed by atoms with van der Waals surface area (Å²) in [5.74, 6) is 0.194. The van der Waals surface area contributed by atoms with Gasteiger partial charge in [0, 0.05) is 4.47 Å². The van der Waals surface area contributed by atoms with Crippen molar-refractivity contribution in [2.45, 2.75) is 20.3 Å². The Labute approximate surface area is 141 Å². The van der Waals surface area contributed by atoms with Crippen LogP contribution in [-0.4, -0.2) is 29.8 Å². The van der Waals surface area contributed by atoms with E-state index in [4.69, 9.17) is 9.47 Å². The van der Waals surface area contributed by atoms with Crippen molar-refractivity contribution in [1.29, 1.82) is 0 Å². The quantitative estimate of drug-likeness (QED) is 0.798. The smallest absolute Gasteiger partial charge is 0.347 e. The highest BCUT2D eigenvalue weighted by atomic mass is 79.9. The van der Waals surface area contributed by atoms with Gasteiger partial charge in [0.1, 0.15) is 9.88 Å². The molecule has 1 aromatic carbocycles. The second-order valence-electron chi connectivity index (χ2n) is 4.57. The fourth-order valence-electron chi connectivity index (χ4n) is 1.94. The first-order valence-corrected chi connectivity index (χ1v) is 8.30. The van der Waals surface area contributed by atoms with E-state index in [9.17, 15) is 9.90 Å². The van der Waals surface area contributed by atoms with Crippen LogP contribution in [0.3, 0.4) is 0 Å². The fourth-order valence-corrected chi connectivity index (χ4v) is 3.30. The second kappa shape index (κ2) is 7.11. The van der Waals surface area contributed by atoms with Crippen LogP contribution >= 0.6 is 27.3 Å². The number of halogens is 1. The van der Waals surface area contributed by atoms with Crippen LogP contribution in [0.2, 0.25) is 0 Å². The molecule has 0 spiro atoms. The lowest BCUT2D eigenvalue weighted by Crippen LogP contribution is -2.00. The zero-order valence-corrected chi connectivity index (χ0v) is 14.9. The molecule has 0 radical (unpaired) electrons. The highest BCUT2D eigenvalue weighted by Gasteiger charge is 2.20. The van der Waals surface area contributed by atoms with Crippen LogP contribution in [-0.2, 0) is 0 Å². The van der Waals surface area contributed by atoms with E-state index in [0.29, 0.717) is 28.8 Å². The number of methoxy groups -OCH3 is 1. The predicted octanol–water partition coefficient (Wildman–Crippen LogP) is 4.38. The third-order valence-electron chi connectivity index (χ3n) is 2.91. The summed E-state index contributed by atoms with van der Waals surface area (Å²) in [5, 5.41) is 9.79. The molecule has 1 N–H and O–H groups in total. The first-order valence-electron chi connectivity index (χ1n) is 6.69. The molecule has 2 rings (SSSR count). The van der Waals surface area contributed by atoms with E-state index in [-0.39, 0.29) is 4.88 Å². The van der Waals surface area contributed by atoms with Gasteiger partial charge < -0.3 is 14.6 Å². The highest BCUT2D eigenvalue weighted by Crippen LogP contribution is 2.42. The molecule has 0 atom stereocenters. The van der Waals surface area contributed by atoms with Crippen molar-refractivity contribution in [2.24, 2.45) is 0 Å². The van der Waals surface area contributed by atoms with Gasteiger partial charge in [-0.3, -0.25) is 0 Å². The molecule has 0 saturated carbocycles. The number of thiazole rings is 1. The molecule has 118 valence electrons. The SMILES string of the molecule is CCCOc1c(OC)cc(Br)cc1-c1nc(C)c(C(=O)O)s1. The maximum atomic E-state index is 11.2. The van der Waals surface area contributed by atoms with Crippen LogP contribution in [0.4, 0.5) is 0 Å². The molecule has 1 heterocycles. The van der Waals surface area contributed by atoms with E-state index >= 15 is 0 Å². The van der Waals surface area contributed by atoms with Crippen LogP contribution in [0.15, 0.2) is 16.6 Å². The van der Waals surface area contributed by atoms with Gasteiger partial charge in [0.15, 0.2) is 11.5 Å². The number of rotatable bonds is 6. The molecule has 2 aromatic rings. The molecule has 0 fully saturated rings. The van der Waals surface area contributed by atoms with Gasteiger partial charge in [0.05, 0.1) is 25.0 Å². The number of hydrogen-bond acceptors (Lipinski definition) is 5. The number of aryl methyl sites for hydroxylation is 1. The molecule has 7 heteroatoms. The Balaban J connectivity index is 2.59. The van der Waals surface area contributed by atoms with E-state index in [1.165, 1.54) is 0 Å². The minimum absolute atomic E-state index is 0.232. The summed E-state index contributed by atoms with van der Waals surface area (Å²) in [7, 11) is 1.57. The lowest BCUT2D eigenvalue weighted by molar-refractivity contribution is 0.0701. The van der Waals surface area contributed by atoms with Crippen LogP contribution in [0.25, 0.3) is 10.6 Å². The highest BCUT2D eigenvalue weighted by molar-refractivity contribution is 9.10. The first kappa shape index (κ1) is 16.8. The van der Waals surface area contributed by atoms with Crippen LogP contribution in [0.5, 0.6) is 11.5 Å². The molecular formula is C15H16BrNO4S. The van der Waals surface area contributed by atoms with E-state index in [0.717, 1.165) is 27.8 Å². The molecule has 0 aliphatic carbocycles. The first-order chi connectivity index (χ1) is 10.5. The molecule has 1 aromatic heterocycles. The number of carboxylic acids is 1. The van der Waals surface area contributed by atoms with Crippen molar-refractivity contribution in [3.05, 3.63) is 27.2 Å². The normalized spacial score (nSPS) is 10.5. The summed E-state index contributed by atoms with van der Waals surface area (Å²) in [5.41, 5.74) is 1.22. The van der Waals surface area contributed by atoms with Crippen LogP contribution in [0.1, 0.15) is 28.7 Å². The van der Waals surface area contributed by atoms with Crippen molar-refractivity contribution in [3.8, 4) is 22.1 Å². The van der Waals surface area contributed by atoms with E-state index in [1.54, 1.807) is 14.0 Å². The van der Waals surface area contributed by atoms with Gasteiger partial charge in [-0.05, 0) is 25.5 Å². The molecular weight excluding hydrogens is 370 g/mol. The van der Waals surface area contributed by atoms with Gasteiger partial charge in [-0.15, -0.1) is 11.3 Å². The van der Waals surface area contributed by atoms with Gasteiger partial charge in [-0.25, -0.2) is 9.78 Å². The topological polar surface area (TPSA) is 68.7 Å². The summed E-state index contributed by atoms with van der Waals surface area (Å²) in [6.45, 7) is 4.24. The molecule has 0 aliphatic heterocycles. The molecule has 0 saturated heterocycles. The molecule has 22 heavy (non-hydrogen) atoms. The summed E-state index contributed by atoms with van der Waals surface area (Å²) in [6.07, 6.45) is 0.857. The van der Waals surface area contributed by atoms with Gasteiger partial charge in [0.25, 0.3) is 0 Å². The Bertz CT molecular complexity index is 699. The number of benzene rings is 1. The monoisotopic (exact) mass is 385 g/mol. The molecule has 0 amide bonds. The predicted molar refractivity (Wildman–Crippen MR) is 89.3 cm³/mol. The summed E-state index contributed by atoms with van der Waals surface area (Å²) in [6, 6.07) is 3.67. The number of aromatic nitrogens is 1. The van der Waals surface area contributed by atoms with Crippen molar-refractivity contribution >= 4 is 33.2 Å². The number of carbonyl (C=O) groups is 1. The number of ether oxygens (including phenoxy) is 2.